The smallest absolute Gasteiger partial charge is 0.321 e. The van der Waals surface area contributed by atoms with Crippen molar-refractivity contribution in [1.82, 2.24) is 9.91 Å². The zero-order chi connectivity index (χ0) is 26.5. The molecule has 0 spiro atoms. The second-order valence-electron chi connectivity index (χ2n) is 10.2. The molecule has 2 aromatic rings. The molecule has 0 radical (unpaired) electrons. The number of para-hydroxylation sites is 1. The Hall–Kier alpha value is -3.55. The van der Waals surface area contributed by atoms with Crippen LogP contribution in [-0.2, 0) is 4.79 Å². The Balaban J connectivity index is 1.36. The lowest BCUT2D eigenvalue weighted by Crippen LogP contribution is -2.53. The zero-order valence-corrected chi connectivity index (χ0v) is 22.4. The van der Waals surface area contributed by atoms with Gasteiger partial charge in [-0.05, 0) is 69.9 Å². The van der Waals surface area contributed by atoms with Gasteiger partial charge in [-0.1, -0.05) is 31.0 Å². The predicted octanol–water partition coefficient (Wildman–Crippen LogP) is 5.53. The van der Waals surface area contributed by atoms with Crippen LogP contribution in [0.3, 0.4) is 0 Å². The number of hydrogen-bond acceptors (Lipinski definition) is 5. The molecule has 3 aliphatic rings. The van der Waals surface area contributed by atoms with Crippen LogP contribution in [0.25, 0.3) is 0 Å². The van der Waals surface area contributed by atoms with Gasteiger partial charge in [0.15, 0.2) is 11.5 Å². The van der Waals surface area contributed by atoms with E-state index in [9.17, 15) is 9.59 Å². The molecule has 1 saturated carbocycles. The highest BCUT2D eigenvalue weighted by atomic mass is 16.5. The molecule has 1 N–H and O–H groups in total. The minimum Gasteiger partial charge on any atom is -0.490 e. The number of fused-ring (bicyclic) bond motifs is 1. The van der Waals surface area contributed by atoms with Crippen LogP contribution in [0.15, 0.2) is 53.6 Å². The van der Waals surface area contributed by atoms with Crippen LogP contribution < -0.4 is 14.8 Å². The second-order valence-corrected chi connectivity index (χ2v) is 10.2. The fourth-order valence-corrected chi connectivity index (χ4v) is 5.94. The van der Waals surface area contributed by atoms with Crippen molar-refractivity contribution < 1.29 is 19.1 Å². The van der Waals surface area contributed by atoms with E-state index in [0.29, 0.717) is 44.9 Å². The van der Waals surface area contributed by atoms with Gasteiger partial charge in [-0.25, -0.2) is 9.80 Å². The molecule has 2 aromatic carbocycles. The number of likely N-dealkylation sites (tertiary alicyclic amines) is 1. The lowest BCUT2D eigenvalue weighted by Gasteiger charge is -2.43. The lowest BCUT2D eigenvalue weighted by molar-refractivity contribution is -0.142. The number of hydrazone groups is 1. The van der Waals surface area contributed by atoms with Crippen LogP contribution >= 0.6 is 0 Å². The summed E-state index contributed by atoms with van der Waals surface area (Å²) in [6.07, 6.45) is 5.45. The van der Waals surface area contributed by atoms with Gasteiger partial charge in [0.1, 0.15) is 0 Å². The highest BCUT2D eigenvalue weighted by Gasteiger charge is 2.44. The number of benzene rings is 2. The molecule has 8 nitrogen and oxygen atoms in total. The normalized spacial score (nSPS) is 21.9. The van der Waals surface area contributed by atoms with Crippen molar-refractivity contribution in [2.24, 2.45) is 16.9 Å². The summed E-state index contributed by atoms with van der Waals surface area (Å²) < 4.78 is 11.7. The number of rotatable bonds is 7. The summed E-state index contributed by atoms with van der Waals surface area (Å²) >= 11 is 0. The first kappa shape index (κ1) is 26.1. The van der Waals surface area contributed by atoms with Crippen LogP contribution in [0.4, 0.5) is 10.5 Å². The molecular weight excluding hydrogens is 480 g/mol. The Kier molecular flexibility index (Phi) is 8.15. The number of nitrogens with zero attached hydrogens (tertiary/aromatic N) is 3. The van der Waals surface area contributed by atoms with Gasteiger partial charge >= 0.3 is 6.03 Å². The van der Waals surface area contributed by atoms with Crippen molar-refractivity contribution >= 4 is 23.3 Å². The number of amides is 3. The zero-order valence-electron chi connectivity index (χ0n) is 22.4. The average molecular weight is 519 g/mol. The van der Waals surface area contributed by atoms with E-state index in [1.165, 1.54) is 0 Å². The predicted molar refractivity (Wildman–Crippen MR) is 148 cm³/mol. The van der Waals surface area contributed by atoms with E-state index in [1.54, 1.807) is 5.01 Å². The summed E-state index contributed by atoms with van der Waals surface area (Å²) in [5.41, 5.74) is 2.75. The number of urea groups is 1. The average Bonchev–Trinajstić information content (AvgIpc) is 2.95. The molecular formula is C30H38N4O4. The third kappa shape index (κ3) is 5.49. The molecule has 2 aliphatic heterocycles. The Bertz CT molecular complexity index is 1160. The molecule has 2 unspecified atom stereocenters. The van der Waals surface area contributed by atoms with E-state index in [0.717, 1.165) is 48.4 Å². The first-order valence-electron chi connectivity index (χ1n) is 14.0. The van der Waals surface area contributed by atoms with Gasteiger partial charge in [0, 0.05) is 36.2 Å². The molecule has 38 heavy (non-hydrogen) atoms. The van der Waals surface area contributed by atoms with Crippen molar-refractivity contribution in [2.75, 3.05) is 31.6 Å². The standard InChI is InChI=1S/C30H38N4O4/c1-3-37-26-15-14-21(20-27(26)38-4-2)28-24-12-8-9-13-25(24)29(35)34(32-28)23-16-18-33(19-17-23)30(36)31-22-10-6-5-7-11-22/h5-7,10-11,14-15,20,23-25H,3-4,8-9,12-13,16-19H2,1-2H3,(H,31,36). The summed E-state index contributed by atoms with van der Waals surface area (Å²) in [4.78, 5) is 28.3. The van der Waals surface area contributed by atoms with E-state index in [-0.39, 0.29) is 29.8 Å². The number of nitrogens with one attached hydrogen (secondary N) is 1. The van der Waals surface area contributed by atoms with E-state index in [4.69, 9.17) is 14.6 Å². The number of ether oxygens (including phenoxy) is 2. The van der Waals surface area contributed by atoms with Crippen molar-refractivity contribution in [2.45, 2.75) is 58.4 Å². The summed E-state index contributed by atoms with van der Waals surface area (Å²) in [6, 6.07) is 15.4. The Labute approximate surface area is 225 Å². The summed E-state index contributed by atoms with van der Waals surface area (Å²) in [5.74, 6) is 1.66. The van der Waals surface area contributed by atoms with E-state index >= 15 is 0 Å². The van der Waals surface area contributed by atoms with Crippen LogP contribution in [0.1, 0.15) is 57.9 Å². The van der Waals surface area contributed by atoms with E-state index in [2.05, 4.69) is 5.32 Å². The maximum Gasteiger partial charge on any atom is 0.321 e. The summed E-state index contributed by atoms with van der Waals surface area (Å²) in [5, 5.41) is 9.76. The molecule has 2 atom stereocenters. The van der Waals surface area contributed by atoms with Gasteiger partial charge in [-0.2, -0.15) is 5.10 Å². The molecule has 202 valence electrons. The number of piperidine rings is 1. The molecule has 5 rings (SSSR count). The van der Waals surface area contributed by atoms with Gasteiger partial charge in [0.05, 0.1) is 25.0 Å². The third-order valence-corrected chi connectivity index (χ3v) is 7.84. The Morgan fingerprint density at radius 2 is 1.61 bits per heavy atom. The molecule has 0 bridgehead atoms. The fraction of sp³-hybridized carbons (Fsp3) is 0.500. The topological polar surface area (TPSA) is 83.5 Å². The third-order valence-electron chi connectivity index (χ3n) is 7.84. The van der Waals surface area contributed by atoms with Crippen LogP contribution in [0, 0.1) is 11.8 Å². The van der Waals surface area contributed by atoms with E-state index in [1.807, 2.05) is 67.3 Å². The highest BCUT2D eigenvalue weighted by Crippen LogP contribution is 2.40. The number of carbonyl (C=O) groups excluding carboxylic acids is 2. The van der Waals surface area contributed by atoms with Crippen molar-refractivity contribution in [3.8, 4) is 11.5 Å². The molecule has 3 amide bonds. The SMILES string of the molecule is CCOc1ccc(C2=NN(C3CCN(C(=O)Nc4ccccc4)CC3)C(=O)C3CCCCC23)cc1OCC. The molecule has 8 heteroatoms. The minimum absolute atomic E-state index is 0.0183. The second kappa shape index (κ2) is 11.9. The molecule has 2 fully saturated rings. The van der Waals surface area contributed by atoms with Crippen molar-refractivity contribution in [1.29, 1.82) is 0 Å². The van der Waals surface area contributed by atoms with Gasteiger partial charge in [-0.3, -0.25) is 4.79 Å². The van der Waals surface area contributed by atoms with Crippen LogP contribution in [0.2, 0.25) is 0 Å². The Morgan fingerprint density at radius 1 is 0.921 bits per heavy atom. The van der Waals surface area contributed by atoms with Crippen molar-refractivity contribution in [3.63, 3.8) is 0 Å². The summed E-state index contributed by atoms with van der Waals surface area (Å²) in [6.45, 7) is 6.21. The maximum atomic E-state index is 13.7. The van der Waals surface area contributed by atoms with Crippen LogP contribution in [0.5, 0.6) is 11.5 Å². The monoisotopic (exact) mass is 518 g/mol. The van der Waals surface area contributed by atoms with Crippen LogP contribution in [-0.4, -0.2) is 59.9 Å². The van der Waals surface area contributed by atoms with Crippen molar-refractivity contribution in [3.05, 3.63) is 54.1 Å². The molecule has 1 aliphatic carbocycles. The van der Waals surface area contributed by atoms with Gasteiger partial charge in [0.2, 0.25) is 5.91 Å². The molecule has 0 aromatic heterocycles. The van der Waals surface area contributed by atoms with Gasteiger partial charge in [0.25, 0.3) is 0 Å². The minimum atomic E-state index is -0.103. The fourth-order valence-electron chi connectivity index (χ4n) is 5.94. The molecule has 2 heterocycles. The van der Waals surface area contributed by atoms with Gasteiger partial charge in [-0.15, -0.1) is 0 Å². The first-order valence-corrected chi connectivity index (χ1v) is 14.0. The maximum absolute atomic E-state index is 13.7. The quantitative estimate of drug-likeness (QED) is 0.522. The number of carbonyl (C=O) groups is 2. The highest BCUT2D eigenvalue weighted by molar-refractivity contribution is 6.07. The summed E-state index contributed by atoms with van der Waals surface area (Å²) in [7, 11) is 0. The largest absolute Gasteiger partial charge is 0.490 e. The number of anilines is 1. The number of hydrogen-bond donors (Lipinski definition) is 1. The lowest BCUT2D eigenvalue weighted by atomic mass is 9.73. The van der Waals surface area contributed by atoms with Gasteiger partial charge < -0.3 is 19.7 Å². The first-order chi connectivity index (χ1) is 18.6. The molecule has 1 saturated heterocycles. The Morgan fingerprint density at radius 3 is 2.32 bits per heavy atom. The van der Waals surface area contributed by atoms with E-state index < -0.39 is 0 Å².